The van der Waals surface area contributed by atoms with Gasteiger partial charge in [0.1, 0.15) is 0 Å². The Morgan fingerprint density at radius 1 is 1.41 bits per heavy atom. The van der Waals surface area contributed by atoms with Crippen molar-refractivity contribution in [2.75, 3.05) is 12.3 Å². The summed E-state index contributed by atoms with van der Waals surface area (Å²) in [6.07, 6.45) is 0. The molecule has 0 radical (unpaired) electrons. The van der Waals surface area contributed by atoms with Gasteiger partial charge in [-0.15, -0.1) is 24.2 Å². The van der Waals surface area contributed by atoms with Gasteiger partial charge in [0, 0.05) is 17.2 Å². The molecule has 0 heterocycles. The molecule has 1 rings (SSSR count). The van der Waals surface area contributed by atoms with Gasteiger partial charge in [0.15, 0.2) is 0 Å². The lowest BCUT2D eigenvalue weighted by atomic mass is 10.2. The quantitative estimate of drug-likeness (QED) is 0.638. The third-order valence-electron chi connectivity index (χ3n) is 2.10. The highest BCUT2D eigenvalue weighted by atomic mass is 35.5. The zero-order valence-corrected chi connectivity index (χ0v) is 11.7. The fourth-order valence-electron chi connectivity index (χ4n) is 1.14. The second kappa shape index (κ2) is 8.39. The first kappa shape index (κ1) is 16.3. The van der Waals surface area contributed by atoms with Gasteiger partial charge in [0.25, 0.3) is 0 Å². The van der Waals surface area contributed by atoms with Crippen LogP contribution in [0.25, 0.3) is 0 Å². The molecule has 3 N–H and O–H groups in total. The number of amides is 1. The van der Waals surface area contributed by atoms with Crippen LogP contribution in [0.5, 0.6) is 0 Å². The standard InChI is InChI=1S/C12H18N2OS.ClH/c1-9-3-5-11(6-4-9)16-8-7-14-12(15)10(2)13;/h3-6,10H,7-8,13H2,1-2H3,(H,14,15);1H. The van der Waals surface area contributed by atoms with Crippen molar-refractivity contribution in [1.82, 2.24) is 5.32 Å². The Kier molecular flexibility index (Phi) is 8.04. The zero-order chi connectivity index (χ0) is 12.0. The van der Waals surface area contributed by atoms with Gasteiger partial charge in [-0.05, 0) is 26.0 Å². The number of thioether (sulfide) groups is 1. The van der Waals surface area contributed by atoms with Gasteiger partial charge >= 0.3 is 0 Å². The fraction of sp³-hybridized carbons (Fsp3) is 0.417. The number of hydrogen-bond acceptors (Lipinski definition) is 3. The SMILES string of the molecule is Cc1ccc(SCCNC(=O)C(C)N)cc1.Cl. The summed E-state index contributed by atoms with van der Waals surface area (Å²) >= 11 is 1.73. The largest absolute Gasteiger partial charge is 0.354 e. The van der Waals surface area contributed by atoms with Gasteiger partial charge in [-0.1, -0.05) is 17.7 Å². The average Bonchev–Trinajstić information content (AvgIpc) is 2.26. The molecule has 5 heteroatoms. The molecule has 3 nitrogen and oxygen atoms in total. The van der Waals surface area contributed by atoms with Gasteiger partial charge in [-0.3, -0.25) is 4.79 Å². The molecule has 1 unspecified atom stereocenters. The van der Waals surface area contributed by atoms with Crippen LogP contribution in [0.3, 0.4) is 0 Å². The highest BCUT2D eigenvalue weighted by molar-refractivity contribution is 7.99. The number of nitrogens with two attached hydrogens (primary N) is 1. The molecular formula is C12H19ClN2OS. The minimum Gasteiger partial charge on any atom is -0.354 e. The summed E-state index contributed by atoms with van der Waals surface area (Å²) in [7, 11) is 0. The highest BCUT2D eigenvalue weighted by Gasteiger charge is 2.05. The lowest BCUT2D eigenvalue weighted by Crippen LogP contribution is -2.39. The monoisotopic (exact) mass is 274 g/mol. The molecule has 1 aromatic carbocycles. The van der Waals surface area contributed by atoms with Gasteiger partial charge in [0.2, 0.25) is 5.91 Å². The molecule has 1 aromatic rings. The van der Waals surface area contributed by atoms with Crippen LogP contribution in [-0.2, 0) is 4.79 Å². The van der Waals surface area contributed by atoms with Gasteiger partial charge < -0.3 is 11.1 Å². The van der Waals surface area contributed by atoms with E-state index < -0.39 is 6.04 Å². The van der Waals surface area contributed by atoms with Crippen LogP contribution in [0.4, 0.5) is 0 Å². The molecule has 17 heavy (non-hydrogen) atoms. The number of aryl methyl sites for hydroxylation is 1. The fourth-order valence-corrected chi connectivity index (χ4v) is 1.91. The summed E-state index contributed by atoms with van der Waals surface area (Å²) in [5.41, 5.74) is 6.69. The van der Waals surface area contributed by atoms with E-state index in [9.17, 15) is 4.79 Å². The van der Waals surface area contributed by atoms with E-state index >= 15 is 0 Å². The molecular weight excluding hydrogens is 256 g/mol. The normalized spacial score (nSPS) is 11.5. The van der Waals surface area contributed by atoms with Crippen molar-refractivity contribution >= 4 is 30.1 Å². The van der Waals surface area contributed by atoms with E-state index in [1.807, 2.05) is 0 Å². The van der Waals surface area contributed by atoms with Crippen LogP contribution < -0.4 is 11.1 Å². The van der Waals surface area contributed by atoms with E-state index in [0.29, 0.717) is 6.54 Å². The molecule has 0 spiro atoms. The summed E-state index contributed by atoms with van der Waals surface area (Å²) in [5.74, 6) is 0.770. The molecule has 1 amide bonds. The molecule has 0 fully saturated rings. The maximum atomic E-state index is 11.2. The Bertz CT molecular complexity index is 341. The Morgan fingerprint density at radius 3 is 2.53 bits per heavy atom. The molecule has 96 valence electrons. The van der Waals surface area contributed by atoms with Crippen molar-refractivity contribution in [3.63, 3.8) is 0 Å². The Balaban J connectivity index is 0.00000256. The molecule has 1 atom stereocenters. The number of nitrogens with one attached hydrogen (secondary N) is 1. The molecule has 0 aromatic heterocycles. The number of hydrogen-bond donors (Lipinski definition) is 2. The molecule has 0 bridgehead atoms. The summed E-state index contributed by atoms with van der Waals surface area (Å²) < 4.78 is 0. The first-order valence-corrected chi connectivity index (χ1v) is 6.31. The van der Waals surface area contributed by atoms with Gasteiger partial charge in [0.05, 0.1) is 6.04 Å². The number of rotatable bonds is 5. The Morgan fingerprint density at radius 2 is 2.00 bits per heavy atom. The van der Waals surface area contributed by atoms with Crippen molar-refractivity contribution in [2.24, 2.45) is 5.73 Å². The minimum absolute atomic E-state index is 0. The van der Waals surface area contributed by atoms with E-state index in [2.05, 4.69) is 36.5 Å². The Hall–Kier alpha value is -0.710. The van der Waals surface area contributed by atoms with Crippen LogP contribution >= 0.6 is 24.2 Å². The van der Waals surface area contributed by atoms with Crippen LogP contribution in [0.2, 0.25) is 0 Å². The second-order valence-electron chi connectivity index (χ2n) is 3.74. The third-order valence-corrected chi connectivity index (χ3v) is 3.12. The number of halogens is 1. The van der Waals surface area contributed by atoms with E-state index in [1.165, 1.54) is 10.5 Å². The zero-order valence-electron chi connectivity index (χ0n) is 10.1. The second-order valence-corrected chi connectivity index (χ2v) is 4.91. The van der Waals surface area contributed by atoms with E-state index in [4.69, 9.17) is 5.73 Å². The molecule has 0 aliphatic heterocycles. The van der Waals surface area contributed by atoms with Crippen molar-refractivity contribution in [3.8, 4) is 0 Å². The van der Waals surface area contributed by atoms with Crippen molar-refractivity contribution in [3.05, 3.63) is 29.8 Å². The van der Waals surface area contributed by atoms with Crippen molar-refractivity contribution in [2.45, 2.75) is 24.8 Å². The minimum atomic E-state index is -0.427. The molecule has 0 saturated carbocycles. The third kappa shape index (κ3) is 6.56. The molecule has 0 saturated heterocycles. The lowest BCUT2D eigenvalue weighted by Gasteiger charge is -2.07. The predicted octanol–water partition coefficient (Wildman–Crippen LogP) is 1.97. The highest BCUT2D eigenvalue weighted by Crippen LogP contribution is 2.17. The van der Waals surface area contributed by atoms with Gasteiger partial charge in [-0.25, -0.2) is 0 Å². The number of carbonyl (C=O) groups is 1. The lowest BCUT2D eigenvalue weighted by molar-refractivity contribution is -0.121. The van der Waals surface area contributed by atoms with E-state index in [0.717, 1.165) is 5.75 Å². The van der Waals surface area contributed by atoms with E-state index in [1.54, 1.807) is 18.7 Å². The summed E-state index contributed by atoms with van der Waals surface area (Å²) in [5, 5.41) is 2.78. The Labute approximate surface area is 113 Å². The summed E-state index contributed by atoms with van der Waals surface area (Å²) in [4.78, 5) is 12.4. The summed E-state index contributed by atoms with van der Waals surface area (Å²) in [6, 6.07) is 7.93. The van der Waals surface area contributed by atoms with Crippen LogP contribution in [-0.4, -0.2) is 24.2 Å². The van der Waals surface area contributed by atoms with Crippen molar-refractivity contribution in [1.29, 1.82) is 0 Å². The number of carbonyl (C=O) groups excluding carboxylic acids is 1. The van der Waals surface area contributed by atoms with Crippen molar-refractivity contribution < 1.29 is 4.79 Å². The average molecular weight is 275 g/mol. The van der Waals surface area contributed by atoms with Gasteiger partial charge in [-0.2, -0.15) is 0 Å². The topological polar surface area (TPSA) is 55.1 Å². The molecule has 0 aliphatic carbocycles. The van der Waals surface area contributed by atoms with Crippen LogP contribution in [0.1, 0.15) is 12.5 Å². The molecule has 0 aliphatic rings. The maximum Gasteiger partial charge on any atom is 0.236 e. The predicted molar refractivity (Wildman–Crippen MR) is 75.8 cm³/mol. The van der Waals surface area contributed by atoms with E-state index in [-0.39, 0.29) is 18.3 Å². The maximum absolute atomic E-state index is 11.2. The number of benzene rings is 1. The first-order valence-electron chi connectivity index (χ1n) is 5.32. The van der Waals surface area contributed by atoms with Crippen LogP contribution in [0, 0.1) is 6.92 Å². The first-order chi connectivity index (χ1) is 7.59. The summed E-state index contributed by atoms with van der Waals surface area (Å²) in [6.45, 7) is 4.40. The smallest absolute Gasteiger partial charge is 0.236 e. The van der Waals surface area contributed by atoms with Crippen LogP contribution in [0.15, 0.2) is 29.2 Å².